The standard InChI is InChI=1S/C21H21FN2O4S2/c1-15-5-7-18(8-6-15)30(27,28)24-14-21(17-4-3-11-23-13-17)29(25,26)19-9-10-20(22)16(2)12-19/h3-13,21,24H,14H2,1-2H3. The van der Waals surface area contributed by atoms with Crippen LogP contribution in [0.3, 0.4) is 0 Å². The number of sulfone groups is 1. The number of pyridine rings is 1. The summed E-state index contributed by atoms with van der Waals surface area (Å²) in [6.07, 6.45) is 2.87. The molecule has 0 spiro atoms. The third-order valence-corrected chi connectivity index (χ3v) is 8.22. The van der Waals surface area contributed by atoms with Crippen molar-refractivity contribution in [2.24, 2.45) is 0 Å². The minimum atomic E-state index is -4.04. The lowest BCUT2D eigenvalue weighted by atomic mass is 10.2. The third kappa shape index (κ3) is 4.75. The minimum absolute atomic E-state index is 0.0352. The van der Waals surface area contributed by atoms with Crippen molar-refractivity contribution in [3.05, 3.63) is 89.5 Å². The summed E-state index contributed by atoms with van der Waals surface area (Å²) in [5, 5.41) is -1.24. The Morgan fingerprint density at radius 3 is 2.23 bits per heavy atom. The second-order valence-corrected chi connectivity index (χ2v) is 10.8. The Morgan fingerprint density at radius 2 is 1.63 bits per heavy atom. The van der Waals surface area contributed by atoms with Gasteiger partial charge in [-0.05, 0) is 61.4 Å². The Balaban J connectivity index is 1.97. The van der Waals surface area contributed by atoms with Gasteiger partial charge in [-0.15, -0.1) is 0 Å². The summed E-state index contributed by atoms with van der Waals surface area (Å²) in [5.41, 5.74) is 1.41. The van der Waals surface area contributed by atoms with Gasteiger partial charge in [0.2, 0.25) is 10.0 Å². The summed E-state index contributed by atoms with van der Waals surface area (Å²) in [6, 6.07) is 12.9. The molecule has 1 unspecified atom stereocenters. The fourth-order valence-corrected chi connectivity index (χ4v) is 5.80. The Bertz CT molecular complexity index is 1240. The van der Waals surface area contributed by atoms with Crippen LogP contribution >= 0.6 is 0 Å². The molecule has 30 heavy (non-hydrogen) atoms. The zero-order valence-corrected chi connectivity index (χ0v) is 18.0. The van der Waals surface area contributed by atoms with Gasteiger partial charge in [0.15, 0.2) is 9.84 Å². The molecule has 158 valence electrons. The average molecular weight is 449 g/mol. The highest BCUT2D eigenvalue weighted by Crippen LogP contribution is 2.29. The molecule has 0 aliphatic rings. The minimum Gasteiger partial charge on any atom is -0.264 e. The summed E-state index contributed by atoms with van der Waals surface area (Å²) in [4.78, 5) is 3.90. The molecular weight excluding hydrogens is 427 g/mol. The molecule has 0 saturated heterocycles. The first-order valence-corrected chi connectivity index (χ1v) is 12.1. The molecule has 0 aliphatic carbocycles. The molecule has 3 rings (SSSR count). The first-order chi connectivity index (χ1) is 14.1. The summed E-state index contributed by atoms with van der Waals surface area (Å²) in [6.45, 7) is 2.90. The van der Waals surface area contributed by atoms with E-state index in [4.69, 9.17) is 0 Å². The van der Waals surface area contributed by atoms with E-state index in [0.29, 0.717) is 5.56 Å². The molecule has 0 bridgehead atoms. The first kappa shape index (κ1) is 22.1. The summed E-state index contributed by atoms with van der Waals surface area (Å²) >= 11 is 0. The molecule has 3 aromatic rings. The lowest BCUT2D eigenvalue weighted by Gasteiger charge is -2.19. The van der Waals surface area contributed by atoms with Crippen LogP contribution in [0.15, 0.2) is 76.8 Å². The van der Waals surface area contributed by atoms with E-state index >= 15 is 0 Å². The first-order valence-electron chi connectivity index (χ1n) is 9.07. The van der Waals surface area contributed by atoms with Crippen LogP contribution in [0.4, 0.5) is 4.39 Å². The van der Waals surface area contributed by atoms with Crippen molar-refractivity contribution in [1.82, 2.24) is 9.71 Å². The fraction of sp³-hybridized carbons (Fsp3) is 0.190. The van der Waals surface area contributed by atoms with Gasteiger partial charge in [-0.3, -0.25) is 4.98 Å². The maximum atomic E-state index is 13.6. The van der Waals surface area contributed by atoms with Crippen molar-refractivity contribution in [3.8, 4) is 0 Å². The van der Waals surface area contributed by atoms with Crippen LogP contribution in [0, 0.1) is 19.7 Å². The number of nitrogens with one attached hydrogen (secondary N) is 1. The summed E-state index contributed by atoms with van der Waals surface area (Å²) in [7, 11) is -7.97. The predicted molar refractivity (Wildman–Crippen MR) is 112 cm³/mol. The molecule has 1 aromatic heterocycles. The molecule has 1 heterocycles. The predicted octanol–water partition coefficient (Wildman–Crippen LogP) is 3.33. The van der Waals surface area contributed by atoms with E-state index in [1.165, 1.54) is 43.6 Å². The van der Waals surface area contributed by atoms with Gasteiger partial charge in [-0.2, -0.15) is 0 Å². The Morgan fingerprint density at radius 1 is 0.967 bits per heavy atom. The second-order valence-electron chi connectivity index (χ2n) is 6.90. The van der Waals surface area contributed by atoms with Gasteiger partial charge in [0.1, 0.15) is 11.1 Å². The maximum absolute atomic E-state index is 13.6. The monoisotopic (exact) mass is 448 g/mol. The van der Waals surface area contributed by atoms with E-state index in [-0.39, 0.29) is 15.4 Å². The van der Waals surface area contributed by atoms with Crippen LogP contribution in [0.1, 0.15) is 21.9 Å². The van der Waals surface area contributed by atoms with Crippen LogP contribution in [-0.4, -0.2) is 28.4 Å². The largest absolute Gasteiger partial charge is 0.264 e. The van der Waals surface area contributed by atoms with E-state index in [0.717, 1.165) is 11.6 Å². The molecule has 0 amide bonds. The topological polar surface area (TPSA) is 93.2 Å². The van der Waals surface area contributed by atoms with Crippen LogP contribution in [0.25, 0.3) is 0 Å². The number of hydrogen-bond donors (Lipinski definition) is 1. The lowest BCUT2D eigenvalue weighted by Crippen LogP contribution is -2.32. The number of aryl methyl sites for hydroxylation is 2. The van der Waals surface area contributed by atoms with E-state index < -0.39 is 37.5 Å². The zero-order chi connectivity index (χ0) is 21.9. The van der Waals surface area contributed by atoms with Gasteiger partial charge in [-0.25, -0.2) is 25.9 Å². The Hall–Kier alpha value is -2.62. The maximum Gasteiger partial charge on any atom is 0.240 e. The zero-order valence-electron chi connectivity index (χ0n) is 16.4. The molecule has 0 aliphatic heterocycles. The highest BCUT2D eigenvalue weighted by atomic mass is 32.2. The third-order valence-electron chi connectivity index (χ3n) is 4.68. The van der Waals surface area contributed by atoms with Crippen molar-refractivity contribution in [3.63, 3.8) is 0 Å². The fourth-order valence-electron chi connectivity index (χ4n) is 2.92. The van der Waals surface area contributed by atoms with Gasteiger partial charge in [0.05, 0.1) is 9.79 Å². The van der Waals surface area contributed by atoms with Crippen LogP contribution in [0.2, 0.25) is 0 Å². The molecular formula is C21H21FN2O4S2. The summed E-state index contributed by atoms with van der Waals surface area (Å²) in [5.74, 6) is -0.521. The molecule has 2 aromatic carbocycles. The van der Waals surface area contributed by atoms with E-state index in [2.05, 4.69) is 9.71 Å². The van der Waals surface area contributed by atoms with Gasteiger partial charge < -0.3 is 0 Å². The lowest BCUT2D eigenvalue weighted by molar-refractivity contribution is 0.568. The van der Waals surface area contributed by atoms with Gasteiger partial charge >= 0.3 is 0 Å². The number of nitrogens with zero attached hydrogens (tertiary/aromatic N) is 1. The van der Waals surface area contributed by atoms with E-state index in [1.807, 2.05) is 6.92 Å². The number of sulfonamides is 1. The van der Waals surface area contributed by atoms with Gasteiger partial charge in [0.25, 0.3) is 0 Å². The number of halogens is 1. The van der Waals surface area contributed by atoms with Crippen LogP contribution in [0.5, 0.6) is 0 Å². The normalized spacial score (nSPS) is 13.2. The molecule has 0 radical (unpaired) electrons. The average Bonchev–Trinajstić information content (AvgIpc) is 2.71. The van der Waals surface area contributed by atoms with Crippen LogP contribution in [-0.2, 0) is 19.9 Å². The second kappa shape index (κ2) is 8.63. The molecule has 6 nitrogen and oxygen atoms in total. The Kier molecular flexibility index (Phi) is 6.35. The number of rotatable bonds is 7. The van der Waals surface area contributed by atoms with Gasteiger partial charge in [0, 0.05) is 18.9 Å². The Labute approximate surface area is 175 Å². The SMILES string of the molecule is Cc1ccc(S(=O)(=O)NCC(c2cccnc2)S(=O)(=O)c2ccc(F)c(C)c2)cc1. The van der Waals surface area contributed by atoms with Gasteiger partial charge in [-0.1, -0.05) is 23.8 Å². The van der Waals surface area contributed by atoms with Crippen molar-refractivity contribution in [1.29, 1.82) is 0 Å². The number of aromatic nitrogens is 1. The quantitative estimate of drug-likeness (QED) is 0.560. The molecule has 1 N–H and O–H groups in total. The smallest absolute Gasteiger partial charge is 0.240 e. The molecule has 9 heteroatoms. The van der Waals surface area contributed by atoms with E-state index in [1.54, 1.807) is 24.3 Å². The molecule has 0 saturated carbocycles. The molecule has 0 fully saturated rings. The van der Waals surface area contributed by atoms with E-state index in [9.17, 15) is 21.2 Å². The number of hydrogen-bond acceptors (Lipinski definition) is 5. The highest BCUT2D eigenvalue weighted by Gasteiger charge is 2.31. The number of benzene rings is 2. The van der Waals surface area contributed by atoms with Crippen molar-refractivity contribution in [2.75, 3.05) is 6.54 Å². The molecule has 1 atom stereocenters. The highest BCUT2D eigenvalue weighted by molar-refractivity contribution is 7.92. The van der Waals surface area contributed by atoms with Crippen molar-refractivity contribution in [2.45, 2.75) is 28.9 Å². The van der Waals surface area contributed by atoms with Crippen molar-refractivity contribution < 1.29 is 21.2 Å². The van der Waals surface area contributed by atoms with Crippen molar-refractivity contribution >= 4 is 19.9 Å². The summed E-state index contributed by atoms with van der Waals surface area (Å²) < 4.78 is 68.0. The van der Waals surface area contributed by atoms with Crippen LogP contribution < -0.4 is 4.72 Å².